The fourth-order valence-electron chi connectivity index (χ4n) is 3.09. The maximum absolute atomic E-state index is 13.4. The molecular formula is C16H24FNO2S. The van der Waals surface area contributed by atoms with Crippen molar-refractivity contribution in [1.29, 1.82) is 0 Å². The molecule has 1 aliphatic rings. The standard InChI is InChI=1S/C16H24FNO2S/c1-11-8-14(17)9-12(2)15(11)21(19,20)18-7-6-13(10-18)16(3,4)5/h8-9,13H,6-7,10H2,1-5H3. The molecule has 1 saturated heterocycles. The third-order valence-corrected chi connectivity index (χ3v) is 6.57. The fraction of sp³-hybridized carbons (Fsp3) is 0.625. The van der Waals surface area contributed by atoms with Crippen LogP contribution in [0.2, 0.25) is 0 Å². The van der Waals surface area contributed by atoms with Crippen LogP contribution >= 0.6 is 0 Å². The normalized spacial score (nSPS) is 21.0. The lowest BCUT2D eigenvalue weighted by Crippen LogP contribution is -2.32. The molecule has 3 nitrogen and oxygen atoms in total. The van der Waals surface area contributed by atoms with E-state index in [1.165, 1.54) is 12.1 Å². The minimum atomic E-state index is -3.54. The zero-order valence-corrected chi connectivity index (χ0v) is 14.2. The van der Waals surface area contributed by atoms with E-state index in [-0.39, 0.29) is 10.3 Å². The number of sulfonamides is 1. The molecule has 118 valence electrons. The predicted molar refractivity (Wildman–Crippen MR) is 82.2 cm³/mol. The van der Waals surface area contributed by atoms with E-state index < -0.39 is 15.8 Å². The van der Waals surface area contributed by atoms with Crippen LogP contribution in [-0.4, -0.2) is 25.8 Å². The monoisotopic (exact) mass is 313 g/mol. The van der Waals surface area contributed by atoms with Crippen LogP contribution in [0, 0.1) is 31.0 Å². The minimum Gasteiger partial charge on any atom is -0.207 e. The first-order chi connectivity index (χ1) is 9.53. The van der Waals surface area contributed by atoms with Crippen LogP contribution in [-0.2, 0) is 10.0 Å². The zero-order valence-electron chi connectivity index (χ0n) is 13.4. The highest BCUT2D eigenvalue weighted by molar-refractivity contribution is 7.89. The molecule has 0 aromatic heterocycles. The molecule has 1 aliphatic heterocycles. The summed E-state index contributed by atoms with van der Waals surface area (Å²) in [4.78, 5) is 0.262. The van der Waals surface area contributed by atoms with E-state index in [9.17, 15) is 12.8 Å². The molecule has 2 rings (SSSR count). The van der Waals surface area contributed by atoms with Gasteiger partial charge in [-0.15, -0.1) is 0 Å². The van der Waals surface area contributed by atoms with Gasteiger partial charge in [0.1, 0.15) is 5.82 Å². The molecule has 0 aliphatic carbocycles. The molecule has 1 atom stereocenters. The molecule has 0 spiro atoms. The summed E-state index contributed by atoms with van der Waals surface area (Å²) >= 11 is 0. The Morgan fingerprint density at radius 3 is 2.14 bits per heavy atom. The molecule has 1 unspecified atom stereocenters. The molecule has 1 heterocycles. The summed E-state index contributed by atoms with van der Waals surface area (Å²) in [6.07, 6.45) is 0.877. The third kappa shape index (κ3) is 3.14. The first-order valence-electron chi connectivity index (χ1n) is 7.30. The van der Waals surface area contributed by atoms with E-state index in [1.54, 1.807) is 18.2 Å². The summed E-state index contributed by atoms with van der Waals surface area (Å²) < 4.78 is 40.7. The number of rotatable bonds is 2. The lowest BCUT2D eigenvalue weighted by atomic mass is 9.80. The summed E-state index contributed by atoms with van der Waals surface area (Å²) in [5, 5.41) is 0. The topological polar surface area (TPSA) is 37.4 Å². The highest BCUT2D eigenvalue weighted by atomic mass is 32.2. The van der Waals surface area contributed by atoms with Crippen molar-refractivity contribution in [2.75, 3.05) is 13.1 Å². The second kappa shape index (κ2) is 5.36. The molecule has 5 heteroatoms. The first-order valence-corrected chi connectivity index (χ1v) is 8.74. The van der Waals surface area contributed by atoms with Gasteiger partial charge in [0.25, 0.3) is 0 Å². The van der Waals surface area contributed by atoms with E-state index in [4.69, 9.17) is 0 Å². The Morgan fingerprint density at radius 1 is 1.19 bits per heavy atom. The van der Waals surface area contributed by atoms with Crippen molar-refractivity contribution in [2.45, 2.75) is 45.9 Å². The van der Waals surface area contributed by atoms with Crippen molar-refractivity contribution in [2.24, 2.45) is 11.3 Å². The molecule has 0 saturated carbocycles. The van der Waals surface area contributed by atoms with Crippen molar-refractivity contribution in [3.05, 3.63) is 29.1 Å². The van der Waals surface area contributed by atoms with Crippen LogP contribution in [0.4, 0.5) is 4.39 Å². The van der Waals surface area contributed by atoms with Gasteiger partial charge in [-0.05, 0) is 54.9 Å². The molecule has 0 radical (unpaired) electrons. The Kier molecular flexibility index (Phi) is 4.19. The van der Waals surface area contributed by atoms with Crippen LogP contribution in [0.15, 0.2) is 17.0 Å². The Balaban J connectivity index is 2.37. The van der Waals surface area contributed by atoms with Crippen LogP contribution < -0.4 is 0 Å². The van der Waals surface area contributed by atoms with Gasteiger partial charge >= 0.3 is 0 Å². The second-order valence-corrected chi connectivity index (χ2v) is 8.96. The molecule has 21 heavy (non-hydrogen) atoms. The number of aryl methyl sites for hydroxylation is 2. The van der Waals surface area contributed by atoms with Gasteiger partial charge in [0.05, 0.1) is 4.90 Å². The van der Waals surface area contributed by atoms with Crippen LogP contribution in [0.3, 0.4) is 0 Å². The Bertz CT molecular complexity index is 624. The van der Waals surface area contributed by atoms with Gasteiger partial charge in [-0.3, -0.25) is 0 Å². The highest BCUT2D eigenvalue weighted by Crippen LogP contribution is 2.36. The van der Waals surface area contributed by atoms with Crippen molar-refractivity contribution in [3.8, 4) is 0 Å². The van der Waals surface area contributed by atoms with Crippen molar-refractivity contribution in [3.63, 3.8) is 0 Å². The first kappa shape index (κ1) is 16.4. The number of hydrogen-bond acceptors (Lipinski definition) is 2. The Morgan fingerprint density at radius 2 is 1.71 bits per heavy atom. The van der Waals surface area contributed by atoms with Crippen molar-refractivity contribution in [1.82, 2.24) is 4.31 Å². The van der Waals surface area contributed by atoms with E-state index >= 15 is 0 Å². The van der Waals surface area contributed by atoms with Gasteiger partial charge < -0.3 is 0 Å². The van der Waals surface area contributed by atoms with Gasteiger partial charge in [-0.2, -0.15) is 4.31 Å². The van der Waals surface area contributed by atoms with Crippen LogP contribution in [0.25, 0.3) is 0 Å². The quantitative estimate of drug-likeness (QED) is 0.838. The van der Waals surface area contributed by atoms with Crippen molar-refractivity contribution < 1.29 is 12.8 Å². The Labute approximate surface area is 127 Å². The molecule has 0 N–H and O–H groups in total. The van der Waals surface area contributed by atoms with E-state index in [2.05, 4.69) is 20.8 Å². The lowest BCUT2D eigenvalue weighted by Gasteiger charge is -2.27. The lowest BCUT2D eigenvalue weighted by molar-refractivity contribution is 0.252. The van der Waals surface area contributed by atoms with Crippen LogP contribution in [0.5, 0.6) is 0 Å². The van der Waals surface area contributed by atoms with E-state index in [0.717, 1.165) is 6.42 Å². The van der Waals surface area contributed by atoms with Gasteiger partial charge in [-0.1, -0.05) is 20.8 Å². The molecular weight excluding hydrogens is 289 g/mol. The smallest absolute Gasteiger partial charge is 0.207 e. The van der Waals surface area contributed by atoms with E-state index in [1.807, 2.05) is 0 Å². The summed E-state index contributed by atoms with van der Waals surface area (Å²) in [6.45, 7) is 10.8. The zero-order chi connectivity index (χ0) is 16.0. The van der Waals surface area contributed by atoms with Crippen molar-refractivity contribution >= 4 is 10.0 Å². The maximum Gasteiger partial charge on any atom is 0.243 e. The summed E-state index contributed by atoms with van der Waals surface area (Å²) in [7, 11) is -3.54. The number of hydrogen-bond donors (Lipinski definition) is 0. The average Bonchev–Trinajstić information content (AvgIpc) is 2.75. The molecule has 0 bridgehead atoms. The average molecular weight is 313 g/mol. The van der Waals surface area contributed by atoms with Gasteiger partial charge in [-0.25, -0.2) is 12.8 Å². The van der Waals surface area contributed by atoms with Gasteiger partial charge in [0.2, 0.25) is 10.0 Å². The third-order valence-electron chi connectivity index (χ3n) is 4.40. The van der Waals surface area contributed by atoms with E-state index in [0.29, 0.717) is 30.1 Å². The second-order valence-electron chi connectivity index (χ2n) is 7.08. The number of nitrogens with zero attached hydrogens (tertiary/aromatic N) is 1. The largest absolute Gasteiger partial charge is 0.243 e. The molecule has 1 aromatic carbocycles. The minimum absolute atomic E-state index is 0.0944. The molecule has 0 amide bonds. The summed E-state index contributed by atoms with van der Waals surface area (Å²) in [6, 6.07) is 2.58. The predicted octanol–water partition coefficient (Wildman–Crippen LogP) is 3.50. The fourth-order valence-corrected chi connectivity index (χ4v) is 5.00. The highest BCUT2D eigenvalue weighted by Gasteiger charge is 2.38. The Hall–Kier alpha value is -0.940. The number of benzene rings is 1. The number of halogens is 1. The SMILES string of the molecule is Cc1cc(F)cc(C)c1S(=O)(=O)N1CCC(C(C)(C)C)C1. The molecule has 1 aromatic rings. The van der Waals surface area contributed by atoms with Gasteiger partial charge in [0.15, 0.2) is 0 Å². The summed E-state index contributed by atoms with van der Waals surface area (Å²) in [5.74, 6) is -0.0359. The van der Waals surface area contributed by atoms with Gasteiger partial charge in [0, 0.05) is 13.1 Å². The maximum atomic E-state index is 13.4. The molecule has 1 fully saturated rings. The summed E-state index contributed by atoms with van der Waals surface area (Å²) in [5.41, 5.74) is 1.05. The van der Waals surface area contributed by atoms with Crippen LogP contribution in [0.1, 0.15) is 38.3 Å².